The molecule has 0 spiro atoms. The molecule has 0 aliphatic carbocycles. The van der Waals surface area contributed by atoms with Crippen LogP contribution < -0.4 is 33.2 Å². The van der Waals surface area contributed by atoms with Crippen molar-refractivity contribution < 1.29 is 29.1 Å². The largest absolute Gasteiger partial charge is 0.480 e. The molecule has 12 nitrogen and oxygen atoms in total. The number of hydrogen-bond acceptors (Lipinski definition) is 9. The maximum Gasteiger partial charge on any atom is 0.327 e. The van der Waals surface area contributed by atoms with E-state index in [-0.39, 0.29) is 17.9 Å². The van der Waals surface area contributed by atoms with Crippen molar-refractivity contribution in [1.82, 2.24) is 16.0 Å². The molecular weight excluding hydrogens is 436 g/mol. The molecule has 0 rings (SSSR count). The minimum atomic E-state index is -1.37. The van der Waals surface area contributed by atoms with Crippen molar-refractivity contribution in [2.75, 3.05) is 18.1 Å². The molecule has 0 saturated carbocycles. The van der Waals surface area contributed by atoms with Gasteiger partial charge in [0.1, 0.15) is 18.1 Å². The molecule has 0 heterocycles. The normalized spacial score (nSPS) is 14.7. The number of carbonyl (C=O) groups is 5. The van der Waals surface area contributed by atoms with E-state index >= 15 is 0 Å². The third-order valence-electron chi connectivity index (χ3n) is 3.95. The number of nitrogens with two attached hydrogens (primary N) is 3. The Kier molecular flexibility index (Phi) is 13.9. The summed E-state index contributed by atoms with van der Waals surface area (Å²) < 4.78 is 0. The monoisotopic (exact) mass is 466 g/mol. The molecule has 0 saturated heterocycles. The lowest BCUT2D eigenvalue weighted by molar-refractivity contribution is -0.141. The van der Waals surface area contributed by atoms with Crippen molar-refractivity contribution in [3.05, 3.63) is 0 Å². The summed E-state index contributed by atoms with van der Waals surface area (Å²) in [5.41, 5.74) is 16.1. The first-order chi connectivity index (χ1) is 14.1. The molecule has 10 N–H and O–H groups in total. The van der Waals surface area contributed by atoms with Gasteiger partial charge in [0.05, 0.1) is 12.5 Å². The van der Waals surface area contributed by atoms with Crippen LogP contribution in [0.1, 0.15) is 25.7 Å². The van der Waals surface area contributed by atoms with Crippen molar-refractivity contribution in [3.63, 3.8) is 0 Å². The first kappa shape index (κ1) is 28.0. The van der Waals surface area contributed by atoms with Crippen LogP contribution in [0.25, 0.3) is 0 Å². The molecule has 0 fully saturated rings. The molecule has 4 atom stereocenters. The molecule has 4 unspecified atom stereocenters. The van der Waals surface area contributed by atoms with Crippen LogP contribution in [-0.4, -0.2) is 76.9 Å². The summed E-state index contributed by atoms with van der Waals surface area (Å²) in [5.74, 6) is -4.63. The van der Waals surface area contributed by atoms with Crippen molar-refractivity contribution >= 4 is 54.9 Å². The summed E-state index contributed by atoms with van der Waals surface area (Å²) >= 11 is 7.76. The van der Waals surface area contributed by atoms with Gasteiger partial charge in [0.15, 0.2) is 0 Å². The Labute approximate surface area is 185 Å². The maximum absolute atomic E-state index is 12.6. The van der Waals surface area contributed by atoms with E-state index in [0.29, 0.717) is 19.4 Å². The molecule has 0 aliphatic heterocycles. The third kappa shape index (κ3) is 10.7. The lowest BCUT2D eigenvalue weighted by Crippen LogP contribution is -2.58. The highest BCUT2D eigenvalue weighted by Crippen LogP contribution is 2.04. The SMILES string of the molecule is NCCCCC(NC(=O)C(CC(N)=O)NC(=O)C(N)CS)C(=O)NC(CS)C(=O)O. The number of nitrogens with one attached hydrogen (secondary N) is 3. The number of thiol groups is 2. The molecule has 30 heavy (non-hydrogen) atoms. The summed E-state index contributed by atoms with van der Waals surface area (Å²) in [5, 5.41) is 16.1. The highest BCUT2D eigenvalue weighted by molar-refractivity contribution is 7.80. The van der Waals surface area contributed by atoms with E-state index in [1.807, 2.05) is 0 Å². The number of carboxylic acids is 1. The zero-order valence-corrected chi connectivity index (χ0v) is 18.2. The van der Waals surface area contributed by atoms with Gasteiger partial charge in [-0.05, 0) is 25.8 Å². The van der Waals surface area contributed by atoms with E-state index in [0.717, 1.165) is 0 Å². The van der Waals surface area contributed by atoms with Gasteiger partial charge in [0.25, 0.3) is 0 Å². The second-order valence-electron chi connectivity index (χ2n) is 6.45. The van der Waals surface area contributed by atoms with Crippen LogP contribution in [0.2, 0.25) is 0 Å². The van der Waals surface area contributed by atoms with Crippen LogP contribution in [0, 0.1) is 0 Å². The van der Waals surface area contributed by atoms with E-state index in [4.69, 9.17) is 22.3 Å². The molecule has 0 aromatic rings. The Hall–Kier alpha value is -2.03. The van der Waals surface area contributed by atoms with Crippen molar-refractivity contribution in [1.29, 1.82) is 0 Å². The van der Waals surface area contributed by atoms with Gasteiger partial charge in [-0.15, -0.1) is 0 Å². The summed E-state index contributed by atoms with van der Waals surface area (Å²) in [6.45, 7) is 0.360. The van der Waals surface area contributed by atoms with Gasteiger partial charge in [0.2, 0.25) is 23.6 Å². The quantitative estimate of drug-likeness (QED) is 0.0877. The first-order valence-corrected chi connectivity index (χ1v) is 10.4. The predicted octanol–water partition coefficient (Wildman–Crippen LogP) is -3.28. The maximum atomic E-state index is 12.6. The van der Waals surface area contributed by atoms with Crippen LogP contribution in [0.3, 0.4) is 0 Å². The minimum absolute atomic E-state index is 0.00116. The Morgan fingerprint density at radius 3 is 1.83 bits per heavy atom. The molecule has 0 bridgehead atoms. The minimum Gasteiger partial charge on any atom is -0.480 e. The molecule has 0 aromatic carbocycles. The van der Waals surface area contributed by atoms with Crippen LogP contribution in [0.15, 0.2) is 0 Å². The molecule has 0 radical (unpaired) electrons. The molecular formula is C16H30N6O6S2. The van der Waals surface area contributed by atoms with Gasteiger partial charge in [0, 0.05) is 11.5 Å². The predicted molar refractivity (Wildman–Crippen MR) is 116 cm³/mol. The topological polar surface area (TPSA) is 220 Å². The standard InChI is InChI=1S/C16H30N6O6S2/c17-4-2-1-3-9(14(25)22-11(7-30)16(27)28)20-15(26)10(5-12(19)23)21-13(24)8(18)6-29/h8-11,29-30H,1-7,17-18H2,(H2,19,23)(H,20,26)(H,21,24)(H,22,25)(H,27,28). The Bertz CT molecular complexity index is 623. The van der Waals surface area contributed by atoms with E-state index in [2.05, 4.69) is 41.2 Å². The zero-order chi connectivity index (χ0) is 23.3. The highest BCUT2D eigenvalue weighted by atomic mass is 32.1. The van der Waals surface area contributed by atoms with Gasteiger partial charge in [-0.1, -0.05) is 0 Å². The van der Waals surface area contributed by atoms with E-state index < -0.39 is 60.2 Å². The fourth-order valence-corrected chi connectivity index (χ4v) is 2.68. The van der Waals surface area contributed by atoms with E-state index in [1.54, 1.807) is 0 Å². The molecule has 0 aliphatic rings. The van der Waals surface area contributed by atoms with Crippen molar-refractivity contribution in [3.8, 4) is 0 Å². The fourth-order valence-electron chi connectivity index (χ4n) is 2.26. The van der Waals surface area contributed by atoms with Gasteiger partial charge in [-0.3, -0.25) is 19.2 Å². The van der Waals surface area contributed by atoms with Crippen molar-refractivity contribution in [2.24, 2.45) is 17.2 Å². The van der Waals surface area contributed by atoms with Crippen molar-refractivity contribution in [2.45, 2.75) is 49.9 Å². The number of rotatable bonds is 15. The average molecular weight is 467 g/mol. The van der Waals surface area contributed by atoms with E-state index in [1.165, 1.54) is 0 Å². The van der Waals surface area contributed by atoms with Gasteiger partial charge in [-0.25, -0.2) is 4.79 Å². The second-order valence-corrected chi connectivity index (χ2v) is 7.18. The number of amides is 4. The third-order valence-corrected chi connectivity index (χ3v) is 4.71. The summed E-state index contributed by atoms with van der Waals surface area (Å²) in [6, 6.07) is -4.78. The average Bonchev–Trinajstić information content (AvgIpc) is 2.69. The Morgan fingerprint density at radius 2 is 1.37 bits per heavy atom. The van der Waals surface area contributed by atoms with E-state index in [9.17, 15) is 24.0 Å². The molecule has 172 valence electrons. The zero-order valence-electron chi connectivity index (χ0n) is 16.4. The van der Waals surface area contributed by atoms with Gasteiger partial charge in [-0.2, -0.15) is 25.3 Å². The lowest BCUT2D eigenvalue weighted by Gasteiger charge is -2.24. The summed E-state index contributed by atoms with van der Waals surface area (Å²) in [4.78, 5) is 59.5. The van der Waals surface area contributed by atoms with Crippen LogP contribution >= 0.6 is 25.3 Å². The smallest absolute Gasteiger partial charge is 0.327 e. The van der Waals surface area contributed by atoms with Gasteiger partial charge >= 0.3 is 5.97 Å². The fraction of sp³-hybridized carbons (Fsp3) is 0.688. The number of aliphatic carboxylic acids is 1. The first-order valence-electron chi connectivity index (χ1n) is 9.16. The summed E-state index contributed by atoms with van der Waals surface area (Å²) in [7, 11) is 0. The molecule has 4 amide bonds. The lowest BCUT2D eigenvalue weighted by atomic mass is 10.1. The van der Waals surface area contributed by atoms with Crippen LogP contribution in [-0.2, 0) is 24.0 Å². The van der Waals surface area contributed by atoms with Crippen LogP contribution in [0.5, 0.6) is 0 Å². The summed E-state index contributed by atoms with van der Waals surface area (Å²) in [6.07, 6.45) is 0.654. The number of primary amides is 1. The Balaban J connectivity index is 5.38. The Morgan fingerprint density at radius 1 is 0.833 bits per heavy atom. The molecule has 14 heteroatoms. The highest BCUT2D eigenvalue weighted by Gasteiger charge is 2.30. The number of carbonyl (C=O) groups excluding carboxylic acids is 4. The number of carboxylic acid groups (broad SMARTS) is 1. The van der Waals surface area contributed by atoms with Crippen LogP contribution in [0.4, 0.5) is 0 Å². The number of unbranched alkanes of at least 4 members (excludes halogenated alkanes) is 1. The number of hydrogen-bond donors (Lipinski definition) is 9. The second kappa shape index (κ2) is 14.9. The van der Waals surface area contributed by atoms with Gasteiger partial charge < -0.3 is 38.3 Å². The molecule has 0 aromatic heterocycles.